The second-order valence-electron chi connectivity index (χ2n) is 7.21. The van der Waals surface area contributed by atoms with Gasteiger partial charge < -0.3 is 10.2 Å². The molecular formula is C19H23N5O3S3. The first-order valence-electron chi connectivity index (χ1n) is 9.58. The smallest absolute Gasteiger partial charge is 0.252 e. The molecule has 0 aromatic carbocycles. The minimum absolute atomic E-state index is 0.0699. The summed E-state index contributed by atoms with van der Waals surface area (Å²) in [4.78, 5) is 25.4. The van der Waals surface area contributed by atoms with Crippen molar-refractivity contribution in [2.75, 3.05) is 31.5 Å². The van der Waals surface area contributed by atoms with Crippen LogP contribution in [0.25, 0.3) is 10.2 Å². The minimum atomic E-state index is -3.48. The summed E-state index contributed by atoms with van der Waals surface area (Å²) in [5, 5.41) is 5.94. The van der Waals surface area contributed by atoms with Crippen molar-refractivity contribution in [2.45, 2.75) is 31.0 Å². The van der Waals surface area contributed by atoms with E-state index in [1.165, 1.54) is 26.8 Å². The van der Waals surface area contributed by atoms with Crippen molar-refractivity contribution in [3.8, 4) is 0 Å². The molecule has 1 aliphatic heterocycles. The maximum absolute atomic E-state index is 13.0. The largest absolute Gasteiger partial charge is 0.358 e. The van der Waals surface area contributed by atoms with Crippen molar-refractivity contribution in [3.63, 3.8) is 0 Å². The van der Waals surface area contributed by atoms with E-state index in [0.717, 1.165) is 15.8 Å². The van der Waals surface area contributed by atoms with Crippen LogP contribution >= 0.6 is 22.7 Å². The lowest BCUT2D eigenvalue weighted by molar-refractivity contribution is -0.132. The quantitative estimate of drug-likeness (QED) is 0.623. The summed E-state index contributed by atoms with van der Waals surface area (Å²) in [6, 6.07) is 2.86. The zero-order valence-corrected chi connectivity index (χ0v) is 19.4. The summed E-state index contributed by atoms with van der Waals surface area (Å²) in [6.07, 6.45) is 1.51. The normalized spacial score (nSPS) is 16.7. The number of piperazine rings is 1. The van der Waals surface area contributed by atoms with E-state index in [9.17, 15) is 13.2 Å². The number of rotatable bonds is 5. The van der Waals surface area contributed by atoms with Crippen LogP contribution in [0.5, 0.6) is 0 Å². The molecule has 1 saturated heterocycles. The molecule has 4 heterocycles. The Hall–Kier alpha value is -2.08. The molecule has 1 amide bonds. The van der Waals surface area contributed by atoms with Gasteiger partial charge in [0.05, 0.1) is 5.39 Å². The molecule has 30 heavy (non-hydrogen) atoms. The van der Waals surface area contributed by atoms with Crippen LogP contribution in [-0.4, -0.2) is 65.7 Å². The lowest BCUT2D eigenvalue weighted by atomic mass is 10.2. The maximum atomic E-state index is 13.0. The lowest BCUT2D eigenvalue weighted by Crippen LogP contribution is -2.53. The molecule has 11 heteroatoms. The van der Waals surface area contributed by atoms with Crippen LogP contribution in [0.3, 0.4) is 0 Å². The highest BCUT2D eigenvalue weighted by Crippen LogP contribution is 2.32. The van der Waals surface area contributed by atoms with Crippen LogP contribution < -0.4 is 5.32 Å². The number of carbonyl (C=O) groups is 1. The predicted molar refractivity (Wildman–Crippen MR) is 120 cm³/mol. The van der Waals surface area contributed by atoms with E-state index < -0.39 is 16.1 Å². The van der Waals surface area contributed by atoms with Crippen LogP contribution in [-0.2, 0) is 14.8 Å². The molecule has 0 bridgehead atoms. The SMILES string of the molecule is Cc1sc2ncnc(N[C@H](C)C(=O)N3CCN(S(=O)(=O)c4cccs4)CC3)c2c1C. The zero-order valence-electron chi connectivity index (χ0n) is 17.0. The average Bonchev–Trinajstić information content (AvgIpc) is 3.37. The number of nitrogens with zero attached hydrogens (tertiary/aromatic N) is 4. The molecule has 4 rings (SSSR count). The number of hydrogen-bond acceptors (Lipinski definition) is 8. The first-order chi connectivity index (χ1) is 14.3. The summed E-state index contributed by atoms with van der Waals surface area (Å²) in [5.41, 5.74) is 1.12. The van der Waals surface area contributed by atoms with Crippen molar-refractivity contribution >= 4 is 54.6 Å². The Morgan fingerprint density at radius 2 is 1.93 bits per heavy atom. The average molecular weight is 466 g/mol. The van der Waals surface area contributed by atoms with E-state index >= 15 is 0 Å². The highest BCUT2D eigenvalue weighted by molar-refractivity contribution is 7.91. The summed E-state index contributed by atoms with van der Waals surface area (Å²) < 4.78 is 27.1. The number of thiophene rings is 2. The van der Waals surface area contributed by atoms with Crippen LogP contribution in [0.2, 0.25) is 0 Å². The molecule has 0 saturated carbocycles. The summed E-state index contributed by atoms with van der Waals surface area (Å²) in [7, 11) is -3.48. The van der Waals surface area contributed by atoms with Crippen molar-refractivity contribution in [3.05, 3.63) is 34.3 Å². The molecule has 3 aromatic rings. The molecule has 0 radical (unpaired) electrons. The molecule has 1 atom stereocenters. The van der Waals surface area contributed by atoms with Gasteiger partial charge >= 0.3 is 0 Å². The number of amides is 1. The van der Waals surface area contributed by atoms with Gasteiger partial charge in [-0.1, -0.05) is 6.07 Å². The van der Waals surface area contributed by atoms with E-state index in [0.29, 0.717) is 36.2 Å². The van der Waals surface area contributed by atoms with E-state index in [4.69, 9.17) is 0 Å². The van der Waals surface area contributed by atoms with E-state index in [2.05, 4.69) is 15.3 Å². The van der Waals surface area contributed by atoms with E-state index in [-0.39, 0.29) is 5.91 Å². The zero-order chi connectivity index (χ0) is 21.5. The third-order valence-electron chi connectivity index (χ3n) is 5.33. The Bertz CT molecular complexity index is 1170. The molecule has 3 aromatic heterocycles. The molecular weight excluding hydrogens is 442 g/mol. The number of anilines is 1. The number of aryl methyl sites for hydroxylation is 2. The second-order valence-corrected chi connectivity index (χ2v) is 11.5. The predicted octanol–water partition coefficient (Wildman–Crippen LogP) is 2.70. The fourth-order valence-corrected chi connectivity index (χ4v) is 7.08. The van der Waals surface area contributed by atoms with E-state index in [1.807, 2.05) is 13.8 Å². The maximum Gasteiger partial charge on any atom is 0.252 e. The van der Waals surface area contributed by atoms with Crippen molar-refractivity contribution in [2.24, 2.45) is 0 Å². The van der Waals surface area contributed by atoms with Gasteiger partial charge in [-0.2, -0.15) is 4.31 Å². The third kappa shape index (κ3) is 3.82. The monoisotopic (exact) mass is 465 g/mol. The molecule has 0 unspecified atom stereocenters. The van der Waals surface area contributed by atoms with Gasteiger partial charge in [-0.15, -0.1) is 22.7 Å². The van der Waals surface area contributed by atoms with E-state index in [1.54, 1.807) is 40.7 Å². The minimum Gasteiger partial charge on any atom is -0.358 e. The summed E-state index contributed by atoms with van der Waals surface area (Å²) >= 11 is 2.82. The Balaban J connectivity index is 1.43. The number of aromatic nitrogens is 2. The molecule has 1 aliphatic rings. The van der Waals surface area contributed by atoms with Gasteiger partial charge in [-0.05, 0) is 37.8 Å². The van der Waals surface area contributed by atoms with Crippen molar-refractivity contribution in [1.29, 1.82) is 0 Å². The number of hydrogen-bond donors (Lipinski definition) is 1. The van der Waals surface area contributed by atoms with Gasteiger partial charge in [0.2, 0.25) is 5.91 Å². The van der Waals surface area contributed by atoms with Gasteiger partial charge in [0.1, 0.15) is 27.2 Å². The van der Waals surface area contributed by atoms with Gasteiger partial charge in [0, 0.05) is 31.1 Å². The first-order valence-corrected chi connectivity index (χ1v) is 12.7. The number of sulfonamides is 1. The van der Waals surface area contributed by atoms with Gasteiger partial charge in [-0.25, -0.2) is 18.4 Å². The lowest BCUT2D eigenvalue weighted by Gasteiger charge is -2.35. The fraction of sp³-hybridized carbons (Fsp3) is 0.421. The van der Waals surface area contributed by atoms with Crippen LogP contribution in [0.15, 0.2) is 28.0 Å². The van der Waals surface area contributed by atoms with Gasteiger partial charge in [0.15, 0.2) is 0 Å². The molecule has 1 N–H and O–H groups in total. The van der Waals surface area contributed by atoms with Crippen molar-refractivity contribution < 1.29 is 13.2 Å². The Kier molecular flexibility index (Phi) is 5.80. The first kappa shape index (κ1) is 21.2. The third-order valence-corrected chi connectivity index (χ3v) is 9.72. The fourth-order valence-electron chi connectivity index (χ4n) is 3.52. The molecule has 160 valence electrons. The van der Waals surface area contributed by atoms with Gasteiger partial charge in [0.25, 0.3) is 10.0 Å². The van der Waals surface area contributed by atoms with Crippen LogP contribution in [0, 0.1) is 13.8 Å². The Morgan fingerprint density at radius 3 is 2.60 bits per heavy atom. The number of carbonyl (C=O) groups excluding carboxylic acids is 1. The van der Waals surface area contributed by atoms with Crippen molar-refractivity contribution in [1.82, 2.24) is 19.2 Å². The molecule has 8 nitrogen and oxygen atoms in total. The number of fused-ring (bicyclic) bond motifs is 1. The topological polar surface area (TPSA) is 95.5 Å². The molecule has 0 aliphatic carbocycles. The highest BCUT2D eigenvalue weighted by atomic mass is 32.2. The number of nitrogens with one attached hydrogen (secondary N) is 1. The van der Waals surface area contributed by atoms with Crippen LogP contribution in [0.4, 0.5) is 5.82 Å². The second kappa shape index (κ2) is 8.22. The van der Waals surface area contributed by atoms with Crippen LogP contribution in [0.1, 0.15) is 17.4 Å². The summed E-state index contributed by atoms with van der Waals surface area (Å²) in [6.45, 7) is 7.20. The van der Waals surface area contributed by atoms with Gasteiger partial charge in [-0.3, -0.25) is 4.79 Å². The molecule has 1 fully saturated rings. The standard InChI is InChI=1S/C19H23N5O3S3/c1-12-14(3)29-18-16(12)17(20-11-21-18)22-13(2)19(25)23-6-8-24(9-7-23)30(26,27)15-5-4-10-28-15/h4-5,10-11,13H,6-9H2,1-3H3,(H,20,21,22)/t13-/m1/s1. The Labute approximate surface area is 183 Å². The summed E-state index contributed by atoms with van der Waals surface area (Å²) in [5.74, 6) is 0.584. The Morgan fingerprint density at radius 1 is 1.20 bits per heavy atom. The highest BCUT2D eigenvalue weighted by Gasteiger charge is 2.32. The molecule has 0 spiro atoms.